The molecular weight excluding hydrogens is 871 g/mol. The van der Waals surface area contributed by atoms with Crippen LogP contribution in [0.25, 0.3) is 19.5 Å². The van der Waals surface area contributed by atoms with E-state index in [0.717, 1.165) is 120 Å². The molecule has 6 rings (SSSR count). The number of carbonyl (C=O) groups is 6. The number of imide groups is 3. The number of rotatable bonds is 31. The minimum atomic E-state index is -0.400. The first-order valence-corrected chi connectivity index (χ1v) is 28.0. The largest absolute Gasteiger partial charge is 0.274 e. The third-order valence-corrected chi connectivity index (χ3v) is 17.5. The Hall–Kier alpha value is -3.48. The van der Waals surface area contributed by atoms with Gasteiger partial charge in [-0.05, 0) is 39.5 Å². The molecule has 0 saturated carbocycles. The molecule has 356 valence electrons. The van der Waals surface area contributed by atoms with Gasteiger partial charge in [0, 0.05) is 28.9 Å². The van der Waals surface area contributed by atoms with Crippen LogP contribution in [0.2, 0.25) is 0 Å². The highest BCUT2D eigenvalue weighted by Gasteiger charge is 2.49. The molecule has 0 saturated heterocycles. The van der Waals surface area contributed by atoms with Crippen molar-refractivity contribution in [1.29, 1.82) is 0 Å². The second-order valence-corrected chi connectivity index (χ2v) is 22.3. The molecular formula is C53H75N3O6S3. The predicted molar refractivity (Wildman–Crippen MR) is 268 cm³/mol. The summed E-state index contributed by atoms with van der Waals surface area (Å²) < 4.78 is 0. The zero-order valence-corrected chi connectivity index (χ0v) is 42.8. The maximum atomic E-state index is 14.9. The Morgan fingerprint density at radius 2 is 0.615 bits per heavy atom. The van der Waals surface area contributed by atoms with E-state index < -0.39 is 11.8 Å². The molecule has 0 N–H and O–H groups in total. The average molecular weight is 946 g/mol. The van der Waals surface area contributed by atoms with E-state index in [-0.39, 0.29) is 47.3 Å². The molecule has 3 aliphatic heterocycles. The second-order valence-electron chi connectivity index (χ2n) is 18.8. The van der Waals surface area contributed by atoms with Crippen molar-refractivity contribution in [2.24, 2.45) is 0 Å². The highest BCUT2D eigenvalue weighted by molar-refractivity contribution is 7.27. The smallest absolute Gasteiger partial charge is 0.263 e. The van der Waals surface area contributed by atoms with E-state index in [0.29, 0.717) is 59.6 Å². The molecule has 0 fully saturated rings. The van der Waals surface area contributed by atoms with E-state index >= 15 is 0 Å². The van der Waals surface area contributed by atoms with Gasteiger partial charge in [-0.1, -0.05) is 169 Å². The van der Waals surface area contributed by atoms with Gasteiger partial charge >= 0.3 is 0 Å². The number of aryl methyl sites for hydroxylation is 2. The standard InChI is InChI=1S/C53H75N3O6S3/c1-7-11-15-19-23-27-31-37(32-28-24-20-16-12-8-2)56-52(61)39-36(6)64-45(41(39)53(56)62)47-43-42(50(59)55(51(43)60)34-30-26-22-18-14-10-4)46(65-47)44-40-38(35(5)63-44)48(57)54(49(40)58)33-29-25-21-17-13-9-3/h37H,7-34H2,1-6H3. The van der Waals surface area contributed by atoms with Crippen LogP contribution in [0.5, 0.6) is 0 Å². The summed E-state index contributed by atoms with van der Waals surface area (Å²) in [6.45, 7) is 13.1. The summed E-state index contributed by atoms with van der Waals surface area (Å²) in [5.41, 5.74) is 1.94. The van der Waals surface area contributed by atoms with Crippen LogP contribution in [0.1, 0.15) is 267 Å². The number of hydrogen-bond donors (Lipinski definition) is 0. The zero-order chi connectivity index (χ0) is 46.6. The number of unbranched alkanes of at least 4 members (excludes halogenated alkanes) is 20. The topological polar surface area (TPSA) is 112 Å². The summed E-state index contributed by atoms with van der Waals surface area (Å²) in [4.78, 5) is 94.9. The maximum absolute atomic E-state index is 14.9. The minimum Gasteiger partial charge on any atom is -0.274 e. The molecule has 65 heavy (non-hydrogen) atoms. The molecule has 12 heteroatoms. The summed E-state index contributed by atoms with van der Waals surface area (Å²) in [7, 11) is 0. The van der Waals surface area contributed by atoms with E-state index in [1.807, 2.05) is 13.8 Å². The van der Waals surface area contributed by atoms with Gasteiger partial charge in [0.1, 0.15) is 0 Å². The molecule has 0 aliphatic carbocycles. The number of nitrogens with zero attached hydrogens (tertiary/aromatic N) is 3. The first-order chi connectivity index (χ1) is 31.5. The zero-order valence-electron chi connectivity index (χ0n) is 40.4. The molecule has 6 amide bonds. The molecule has 3 aromatic heterocycles. The van der Waals surface area contributed by atoms with Gasteiger partial charge < -0.3 is 0 Å². The molecule has 0 bridgehead atoms. The van der Waals surface area contributed by atoms with E-state index in [1.54, 1.807) is 0 Å². The first-order valence-electron chi connectivity index (χ1n) is 25.6. The molecule has 0 spiro atoms. The van der Waals surface area contributed by atoms with E-state index in [1.165, 1.54) is 93.7 Å². The lowest BCUT2D eigenvalue weighted by Crippen LogP contribution is -2.40. The maximum Gasteiger partial charge on any atom is 0.263 e. The Bertz CT molecular complexity index is 2160. The average Bonchev–Trinajstić information content (AvgIpc) is 4.10. The Labute approximate surface area is 401 Å². The van der Waals surface area contributed by atoms with Gasteiger partial charge in [-0.3, -0.25) is 43.5 Å². The van der Waals surface area contributed by atoms with Crippen molar-refractivity contribution in [3.05, 3.63) is 43.1 Å². The second kappa shape index (κ2) is 24.5. The van der Waals surface area contributed by atoms with Crippen molar-refractivity contribution in [2.75, 3.05) is 13.1 Å². The fraction of sp³-hybridized carbons (Fsp3) is 0.660. The van der Waals surface area contributed by atoms with Crippen LogP contribution < -0.4 is 0 Å². The number of hydrogen-bond acceptors (Lipinski definition) is 9. The van der Waals surface area contributed by atoms with Crippen LogP contribution in [0.15, 0.2) is 0 Å². The van der Waals surface area contributed by atoms with Crippen LogP contribution in [0, 0.1) is 13.8 Å². The number of thiophene rings is 3. The monoisotopic (exact) mass is 945 g/mol. The van der Waals surface area contributed by atoms with Gasteiger partial charge in [-0.2, -0.15) is 0 Å². The highest BCUT2D eigenvalue weighted by atomic mass is 32.1. The number of fused-ring (bicyclic) bond motifs is 3. The van der Waals surface area contributed by atoms with Crippen molar-refractivity contribution in [3.8, 4) is 19.5 Å². The van der Waals surface area contributed by atoms with Gasteiger partial charge in [0.25, 0.3) is 35.4 Å². The fourth-order valence-corrected chi connectivity index (χ4v) is 14.0. The lowest BCUT2D eigenvalue weighted by atomic mass is 9.98. The van der Waals surface area contributed by atoms with E-state index in [9.17, 15) is 28.8 Å². The fourth-order valence-electron chi connectivity index (χ4n) is 10.1. The Balaban J connectivity index is 1.36. The lowest BCUT2D eigenvalue weighted by Gasteiger charge is -2.27. The first kappa shape index (κ1) is 50.9. The van der Waals surface area contributed by atoms with Gasteiger partial charge in [0.2, 0.25) is 0 Å². The summed E-state index contributed by atoms with van der Waals surface area (Å²) in [5.74, 6) is -2.02. The molecule has 9 nitrogen and oxygen atoms in total. The summed E-state index contributed by atoms with van der Waals surface area (Å²) in [5, 5.41) is 0. The quantitative estimate of drug-likeness (QED) is 0.0469. The molecule has 0 radical (unpaired) electrons. The number of amides is 6. The van der Waals surface area contributed by atoms with Crippen LogP contribution in [0.3, 0.4) is 0 Å². The van der Waals surface area contributed by atoms with Crippen molar-refractivity contribution in [2.45, 2.75) is 215 Å². The Morgan fingerprint density at radius 3 is 1.02 bits per heavy atom. The van der Waals surface area contributed by atoms with Crippen molar-refractivity contribution in [1.82, 2.24) is 14.7 Å². The van der Waals surface area contributed by atoms with Crippen molar-refractivity contribution >= 4 is 69.5 Å². The third kappa shape index (κ3) is 11.1. The lowest BCUT2D eigenvalue weighted by molar-refractivity contribution is 0.0558. The molecule has 3 aromatic rings. The number of carbonyl (C=O) groups excluding carboxylic acids is 6. The summed E-state index contributed by atoms with van der Waals surface area (Å²) in [6, 6.07) is -0.211. The molecule has 6 heterocycles. The summed E-state index contributed by atoms with van der Waals surface area (Å²) in [6.07, 6.45) is 27.2. The molecule has 0 aromatic carbocycles. The minimum absolute atomic E-state index is 0.211. The summed E-state index contributed by atoms with van der Waals surface area (Å²) >= 11 is 3.92. The van der Waals surface area contributed by atoms with Gasteiger partial charge in [0.05, 0.1) is 52.9 Å². The molecule has 0 unspecified atom stereocenters. The normalized spacial score (nSPS) is 14.7. The van der Waals surface area contributed by atoms with Crippen LogP contribution in [-0.2, 0) is 0 Å². The van der Waals surface area contributed by atoms with Crippen LogP contribution in [0.4, 0.5) is 0 Å². The molecule has 0 atom stereocenters. The van der Waals surface area contributed by atoms with Gasteiger partial charge in [0.15, 0.2) is 0 Å². The van der Waals surface area contributed by atoms with E-state index in [4.69, 9.17) is 0 Å². The predicted octanol–water partition coefficient (Wildman–Crippen LogP) is 15.2. The van der Waals surface area contributed by atoms with Crippen LogP contribution >= 0.6 is 34.0 Å². The Kier molecular flexibility index (Phi) is 19.2. The van der Waals surface area contributed by atoms with E-state index in [2.05, 4.69) is 27.7 Å². The van der Waals surface area contributed by atoms with Crippen molar-refractivity contribution in [3.63, 3.8) is 0 Å². The van der Waals surface area contributed by atoms with Gasteiger partial charge in [-0.25, -0.2) is 0 Å². The SMILES string of the molecule is CCCCCCCCC(CCCCCCCC)N1C(=O)c2c(C)sc(-c3sc(-c4sc(C)c5c4C(=O)N(CCCCCCCC)C5=O)c4c3C(=O)N(CCCCCCCC)C4=O)c2C1=O. The van der Waals surface area contributed by atoms with Crippen molar-refractivity contribution < 1.29 is 28.8 Å². The highest BCUT2D eigenvalue weighted by Crippen LogP contribution is 2.54. The van der Waals surface area contributed by atoms with Crippen LogP contribution in [-0.4, -0.2) is 69.3 Å². The third-order valence-electron chi connectivity index (χ3n) is 13.8. The Morgan fingerprint density at radius 1 is 0.338 bits per heavy atom. The molecule has 3 aliphatic rings. The van der Waals surface area contributed by atoms with Gasteiger partial charge in [-0.15, -0.1) is 34.0 Å².